The van der Waals surface area contributed by atoms with E-state index in [0.29, 0.717) is 6.42 Å². The third-order valence-electron chi connectivity index (χ3n) is 4.41. The summed E-state index contributed by atoms with van der Waals surface area (Å²) in [6.07, 6.45) is -1.25. The molecule has 0 spiro atoms. The molecular weight excluding hydrogens is 408 g/mol. The van der Waals surface area contributed by atoms with Gasteiger partial charge in [-0.25, -0.2) is 4.79 Å². The first kappa shape index (κ1) is 24.7. The summed E-state index contributed by atoms with van der Waals surface area (Å²) in [5.74, 6) is -5.19. The highest BCUT2D eigenvalue weighted by Gasteiger charge is 2.39. The number of carbonyl (C=O) groups is 5. The van der Waals surface area contributed by atoms with Crippen LogP contribution >= 0.6 is 12.6 Å². The van der Waals surface area contributed by atoms with Crippen LogP contribution in [0.4, 0.5) is 0 Å². The van der Waals surface area contributed by atoms with E-state index in [0.717, 1.165) is 4.90 Å². The summed E-state index contributed by atoms with van der Waals surface area (Å²) in [4.78, 5) is 60.1. The van der Waals surface area contributed by atoms with Crippen LogP contribution in [0.2, 0.25) is 0 Å². The van der Waals surface area contributed by atoms with E-state index in [1.54, 1.807) is 0 Å². The highest BCUT2D eigenvalue weighted by Crippen LogP contribution is 2.19. The number of aliphatic hydroxyl groups is 1. The van der Waals surface area contributed by atoms with Gasteiger partial charge in [0.15, 0.2) is 0 Å². The summed E-state index contributed by atoms with van der Waals surface area (Å²) in [5.41, 5.74) is 5.44. The number of nitrogens with one attached hydrogen (secondary N) is 2. The Balaban J connectivity index is 2.84. The molecule has 0 aromatic heterocycles. The van der Waals surface area contributed by atoms with E-state index in [4.69, 9.17) is 10.8 Å². The average molecular weight is 434 g/mol. The van der Waals surface area contributed by atoms with E-state index in [-0.39, 0.29) is 18.7 Å². The predicted octanol–water partition coefficient (Wildman–Crippen LogP) is -2.86. The highest BCUT2D eigenvalue weighted by molar-refractivity contribution is 7.80. The number of amides is 3. The van der Waals surface area contributed by atoms with Gasteiger partial charge in [-0.15, -0.1) is 0 Å². The lowest BCUT2D eigenvalue weighted by atomic mass is 10.1. The topological polar surface area (TPSA) is 199 Å². The molecule has 1 aliphatic heterocycles. The largest absolute Gasteiger partial charge is 0.481 e. The van der Waals surface area contributed by atoms with Crippen molar-refractivity contribution in [1.29, 1.82) is 0 Å². The van der Waals surface area contributed by atoms with Crippen LogP contribution in [-0.4, -0.2) is 92.4 Å². The lowest BCUT2D eigenvalue weighted by Crippen LogP contribution is -2.60. The molecule has 1 fully saturated rings. The second kappa shape index (κ2) is 11.0. The number of carbonyl (C=O) groups excluding carboxylic acids is 3. The van der Waals surface area contributed by atoms with Gasteiger partial charge in [0.05, 0.1) is 18.6 Å². The smallest absolute Gasteiger partial charge is 0.326 e. The standard InChI is InChI=1S/C16H26N4O8S/c1-7(21)12(15(26)20-4-2-3-10(20)16(27)28)19-14(25)9(6-29)18-13(24)8(17)5-11(22)23/h7-10,12,21,29H,2-6,17H2,1H3,(H,18,24)(H,19,25)(H,22,23)(H,27,28). The lowest BCUT2D eigenvalue weighted by molar-refractivity contribution is -0.150. The Kier molecular flexibility index (Phi) is 9.33. The fourth-order valence-corrected chi connectivity index (χ4v) is 3.12. The SMILES string of the molecule is CC(O)C(NC(=O)C(CS)NC(=O)C(N)CC(=O)O)C(=O)N1CCCC1C(=O)O. The number of aliphatic carboxylic acids is 2. The number of nitrogens with zero attached hydrogens (tertiary/aromatic N) is 1. The molecule has 13 heteroatoms. The molecule has 5 atom stereocenters. The van der Waals surface area contributed by atoms with Crippen LogP contribution in [0, 0.1) is 0 Å². The molecule has 1 aliphatic rings. The van der Waals surface area contributed by atoms with Gasteiger partial charge in [-0.3, -0.25) is 19.2 Å². The van der Waals surface area contributed by atoms with E-state index in [1.807, 2.05) is 0 Å². The van der Waals surface area contributed by atoms with Gasteiger partial charge < -0.3 is 36.6 Å². The summed E-state index contributed by atoms with van der Waals surface area (Å²) in [7, 11) is 0. The van der Waals surface area contributed by atoms with Gasteiger partial charge in [-0.05, 0) is 19.8 Å². The first-order chi connectivity index (χ1) is 13.5. The van der Waals surface area contributed by atoms with Crippen LogP contribution in [0.3, 0.4) is 0 Å². The van der Waals surface area contributed by atoms with Crippen molar-refractivity contribution in [3.05, 3.63) is 0 Å². The van der Waals surface area contributed by atoms with E-state index in [1.165, 1.54) is 6.92 Å². The van der Waals surface area contributed by atoms with Crippen LogP contribution in [0.25, 0.3) is 0 Å². The molecule has 0 saturated carbocycles. The number of rotatable bonds is 10. The highest BCUT2D eigenvalue weighted by atomic mass is 32.1. The van der Waals surface area contributed by atoms with Gasteiger partial charge in [-0.2, -0.15) is 12.6 Å². The van der Waals surface area contributed by atoms with Crippen LogP contribution in [0.5, 0.6) is 0 Å². The second-order valence-corrected chi connectivity index (χ2v) is 7.07. The molecule has 12 nitrogen and oxygen atoms in total. The van der Waals surface area contributed by atoms with Crippen molar-refractivity contribution in [1.82, 2.24) is 15.5 Å². The molecule has 1 saturated heterocycles. The Labute approximate surface area is 172 Å². The monoisotopic (exact) mass is 434 g/mol. The minimum atomic E-state index is -1.44. The Morgan fingerprint density at radius 1 is 1.17 bits per heavy atom. The first-order valence-corrected chi connectivity index (χ1v) is 9.53. The van der Waals surface area contributed by atoms with Crippen molar-refractivity contribution in [3.8, 4) is 0 Å². The van der Waals surface area contributed by atoms with Gasteiger partial charge in [-0.1, -0.05) is 0 Å². The summed E-state index contributed by atoms with van der Waals surface area (Å²) in [6.45, 7) is 1.43. The van der Waals surface area contributed by atoms with Crippen LogP contribution in [-0.2, 0) is 24.0 Å². The third kappa shape index (κ3) is 6.87. The molecule has 164 valence electrons. The predicted molar refractivity (Wildman–Crippen MR) is 102 cm³/mol. The van der Waals surface area contributed by atoms with Crippen molar-refractivity contribution in [2.45, 2.75) is 56.5 Å². The van der Waals surface area contributed by atoms with Crippen LogP contribution < -0.4 is 16.4 Å². The van der Waals surface area contributed by atoms with Crippen LogP contribution in [0.15, 0.2) is 0 Å². The van der Waals surface area contributed by atoms with Crippen molar-refractivity contribution >= 4 is 42.3 Å². The zero-order valence-corrected chi connectivity index (χ0v) is 16.7. The van der Waals surface area contributed by atoms with Gasteiger partial charge in [0.2, 0.25) is 17.7 Å². The Morgan fingerprint density at radius 2 is 1.79 bits per heavy atom. The number of thiol groups is 1. The quantitative estimate of drug-likeness (QED) is 0.177. The van der Waals surface area contributed by atoms with Crippen molar-refractivity contribution in [2.24, 2.45) is 5.73 Å². The third-order valence-corrected chi connectivity index (χ3v) is 4.78. The molecule has 0 aromatic rings. The molecule has 0 bridgehead atoms. The van der Waals surface area contributed by atoms with Crippen molar-refractivity contribution in [3.63, 3.8) is 0 Å². The van der Waals surface area contributed by atoms with Crippen LogP contribution in [0.1, 0.15) is 26.2 Å². The fourth-order valence-electron chi connectivity index (χ4n) is 2.86. The van der Waals surface area contributed by atoms with Gasteiger partial charge in [0.25, 0.3) is 0 Å². The number of carboxylic acids is 2. The second-order valence-electron chi connectivity index (χ2n) is 6.70. The summed E-state index contributed by atoms with van der Waals surface area (Å²) in [5, 5.41) is 32.4. The minimum Gasteiger partial charge on any atom is -0.481 e. The molecule has 0 radical (unpaired) electrons. The Hall–Kier alpha value is -2.38. The zero-order valence-electron chi connectivity index (χ0n) is 15.8. The van der Waals surface area contributed by atoms with E-state index in [2.05, 4.69) is 23.3 Å². The zero-order chi connectivity index (χ0) is 22.3. The normalized spacial score (nSPS) is 20.3. The van der Waals surface area contributed by atoms with Gasteiger partial charge >= 0.3 is 11.9 Å². The summed E-state index contributed by atoms with van der Waals surface area (Å²) in [6, 6.07) is -5.13. The molecule has 1 heterocycles. The maximum Gasteiger partial charge on any atom is 0.326 e. The number of nitrogens with two attached hydrogens (primary N) is 1. The number of carboxylic acid groups (broad SMARTS) is 2. The van der Waals surface area contributed by atoms with E-state index in [9.17, 15) is 34.2 Å². The molecule has 0 aromatic carbocycles. The molecule has 0 aliphatic carbocycles. The number of likely N-dealkylation sites (tertiary alicyclic amines) is 1. The maximum atomic E-state index is 12.7. The molecule has 29 heavy (non-hydrogen) atoms. The fraction of sp³-hybridized carbons (Fsp3) is 0.688. The van der Waals surface area contributed by atoms with Gasteiger partial charge in [0.1, 0.15) is 18.1 Å². The van der Waals surface area contributed by atoms with E-state index < -0.39 is 66.4 Å². The molecular formula is C16H26N4O8S. The minimum absolute atomic E-state index is 0.172. The Morgan fingerprint density at radius 3 is 2.28 bits per heavy atom. The summed E-state index contributed by atoms with van der Waals surface area (Å²) < 4.78 is 0. The maximum absolute atomic E-state index is 12.7. The number of aliphatic hydroxyl groups excluding tert-OH is 1. The van der Waals surface area contributed by atoms with Gasteiger partial charge in [0, 0.05) is 12.3 Å². The molecule has 5 unspecified atom stereocenters. The van der Waals surface area contributed by atoms with E-state index >= 15 is 0 Å². The number of hydrogen-bond acceptors (Lipinski definition) is 8. The molecule has 7 N–H and O–H groups in total. The lowest BCUT2D eigenvalue weighted by Gasteiger charge is -2.30. The first-order valence-electron chi connectivity index (χ1n) is 8.89. The molecule has 3 amide bonds. The number of hydrogen-bond donors (Lipinski definition) is 7. The van der Waals surface area contributed by atoms with Crippen molar-refractivity contribution < 1.29 is 39.3 Å². The van der Waals surface area contributed by atoms with Crippen molar-refractivity contribution in [2.75, 3.05) is 12.3 Å². The average Bonchev–Trinajstić information content (AvgIpc) is 3.12. The summed E-state index contributed by atoms with van der Waals surface area (Å²) >= 11 is 3.95. The molecule has 1 rings (SSSR count). The Bertz CT molecular complexity index is 659.